The lowest BCUT2D eigenvalue weighted by molar-refractivity contribution is -0.138. The molecule has 0 aromatic carbocycles. The second-order valence-electron chi connectivity index (χ2n) is 15.0. The summed E-state index contributed by atoms with van der Waals surface area (Å²) >= 11 is 0. The van der Waals surface area contributed by atoms with E-state index in [0.717, 1.165) is 12.8 Å². The van der Waals surface area contributed by atoms with Crippen molar-refractivity contribution in [3.63, 3.8) is 0 Å². The summed E-state index contributed by atoms with van der Waals surface area (Å²) in [7, 11) is 1.66. The highest BCUT2D eigenvalue weighted by Gasteiger charge is 2.72. The van der Waals surface area contributed by atoms with Crippen LogP contribution in [0, 0.1) is 11.8 Å². The fourth-order valence-corrected chi connectivity index (χ4v) is 7.56. The fraction of sp³-hybridized carbons (Fsp3) is 0.800. The quantitative estimate of drug-likeness (QED) is 0.0509. The summed E-state index contributed by atoms with van der Waals surface area (Å²) in [5.41, 5.74) is 11.3. The molecule has 0 radical (unpaired) electrons. The Balaban J connectivity index is 1.18. The molecule has 15 heteroatoms. The van der Waals surface area contributed by atoms with Crippen LogP contribution in [0.2, 0.25) is 0 Å². The molecule has 7 atom stereocenters. The highest BCUT2D eigenvalue weighted by atomic mass is 16.6. The van der Waals surface area contributed by atoms with Crippen LogP contribution < -0.4 is 32.5 Å². The maximum absolute atomic E-state index is 13.1. The van der Waals surface area contributed by atoms with Crippen molar-refractivity contribution in [1.29, 1.82) is 0 Å². The predicted octanol–water partition coefficient (Wildman–Crippen LogP) is 0.938. The standard InChI is InChI=1S/C35H58N6O9/c1-20(2)7-12-27-34(5,50-27)32-31(47-6)26(13-14-35(32)19-48-35)49-33(46)40-23-10-8-22(9-11-23)39-29(44)18-38-41-24(15-21(3)4)30(45)25(42)17-37-28(43)16-36/h7,21-24,26-27,31-32,38,41H,8-19,36H2,1-6H3,(H,37,43)(H,39,44)(H,40,46)/t22-,23-,24-,26?,27+,31?,32?,34?,35-/m0/s1. The van der Waals surface area contributed by atoms with Gasteiger partial charge in [-0.25, -0.2) is 15.6 Å². The monoisotopic (exact) mass is 706 g/mol. The minimum absolute atomic E-state index is 0.0503. The van der Waals surface area contributed by atoms with Gasteiger partial charge in [0.2, 0.25) is 23.4 Å². The Labute approximate surface area is 295 Å². The van der Waals surface area contributed by atoms with Crippen LogP contribution in [0.5, 0.6) is 0 Å². The lowest BCUT2D eigenvalue weighted by Gasteiger charge is -2.42. The van der Waals surface area contributed by atoms with Crippen molar-refractivity contribution in [1.82, 2.24) is 26.8 Å². The van der Waals surface area contributed by atoms with E-state index in [1.807, 2.05) is 13.8 Å². The van der Waals surface area contributed by atoms with Crippen LogP contribution in [-0.2, 0) is 38.1 Å². The molecule has 4 unspecified atom stereocenters. The Bertz CT molecular complexity index is 1260. The lowest BCUT2D eigenvalue weighted by atomic mass is 9.68. The first-order chi connectivity index (χ1) is 23.7. The van der Waals surface area contributed by atoms with Crippen LogP contribution in [0.25, 0.3) is 0 Å². The number of nitrogens with two attached hydrogens (primary N) is 1. The van der Waals surface area contributed by atoms with Gasteiger partial charge in [0, 0.05) is 19.2 Å². The van der Waals surface area contributed by atoms with E-state index in [2.05, 4.69) is 53.6 Å². The number of hydrogen-bond donors (Lipinski definition) is 6. The number of ether oxygens (including phenoxy) is 4. The lowest BCUT2D eigenvalue weighted by Crippen LogP contribution is -2.56. The summed E-state index contributed by atoms with van der Waals surface area (Å²) in [6.07, 6.45) is 6.33. The molecule has 50 heavy (non-hydrogen) atoms. The molecule has 282 valence electrons. The van der Waals surface area contributed by atoms with Crippen molar-refractivity contribution >= 4 is 29.5 Å². The molecule has 1 spiro atoms. The number of carbonyl (C=O) groups excluding carboxylic acids is 5. The van der Waals surface area contributed by atoms with Crippen LogP contribution in [-0.4, -0.2) is 110 Å². The molecule has 7 N–H and O–H groups in total. The molecule has 15 nitrogen and oxygen atoms in total. The Hall–Kier alpha value is -2.95. The van der Waals surface area contributed by atoms with Crippen molar-refractivity contribution in [3.05, 3.63) is 11.6 Å². The van der Waals surface area contributed by atoms with E-state index >= 15 is 0 Å². The van der Waals surface area contributed by atoms with Crippen molar-refractivity contribution in [2.75, 3.05) is 33.4 Å². The van der Waals surface area contributed by atoms with Gasteiger partial charge in [0.1, 0.15) is 23.4 Å². The van der Waals surface area contributed by atoms with Gasteiger partial charge in [0.05, 0.1) is 44.3 Å². The zero-order chi connectivity index (χ0) is 36.6. The Morgan fingerprint density at radius 2 is 1.64 bits per heavy atom. The second-order valence-corrected chi connectivity index (χ2v) is 15.0. The summed E-state index contributed by atoms with van der Waals surface area (Å²) in [4.78, 5) is 62.1. The Morgan fingerprint density at radius 3 is 2.22 bits per heavy atom. The third-order valence-corrected chi connectivity index (χ3v) is 10.4. The number of nitrogens with one attached hydrogen (secondary N) is 5. The summed E-state index contributed by atoms with van der Waals surface area (Å²) in [6, 6.07) is -1.01. The number of allylic oxidation sites excluding steroid dienone is 1. The van der Waals surface area contributed by atoms with Crippen LogP contribution >= 0.6 is 0 Å². The van der Waals surface area contributed by atoms with E-state index in [-0.39, 0.29) is 60.7 Å². The maximum atomic E-state index is 13.1. The number of hydrazine groups is 1. The Kier molecular flexibility index (Phi) is 14.0. The number of ketones is 2. The number of hydrogen-bond acceptors (Lipinski definition) is 12. The summed E-state index contributed by atoms with van der Waals surface area (Å²) in [6.45, 7) is 9.92. The van der Waals surface area contributed by atoms with E-state index in [4.69, 9.17) is 24.7 Å². The molecule has 2 heterocycles. The molecule has 3 amide bonds. The van der Waals surface area contributed by atoms with E-state index < -0.39 is 47.9 Å². The number of alkyl carbamates (subject to hydrolysis) is 1. The molecule has 0 bridgehead atoms. The molecular weight excluding hydrogens is 648 g/mol. The maximum Gasteiger partial charge on any atom is 0.407 e. The average molecular weight is 707 g/mol. The van der Waals surface area contributed by atoms with E-state index in [0.29, 0.717) is 45.1 Å². The molecule has 4 rings (SSSR count). The molecule has 4 aliphatic rings. The normalized spacial score (nSPS) is 32.1. The van der Waals surface area contributed by atoms with Gasteiger partial charge in [-0.3, -0.25) is 19.2 Å². The zero-order valence-electron chi connectivity index (χ0n) is 30.4. The summed E-state index contributed by atoms with van der Waals surface area (Å²) in [5.74, 6) is -2.19. The number of carbonyl (C=O) groups is 5. The molecule has 0 aromatic heterocycles. The zero-order valence-corrected chi connectivity index (χ0v) is 30.4. The summed E-state index contributed by atoms with van der Waals surface area (Å²) < 4.78 is 24.3. The number of amides is 3. The van der Waals surface area contributed by atoms with Crippen LogP contribution in [0.4, 0.5) is 4.79 Å². The minimum Gasteiger partial charge on any atom is -0.443 e. The van der Waals surface area contributed by atoms with Gasteiger partial charge in [0.15, 0.2) is 0 Å². The van der Waals surface area contributed by atoms with E-state index in [1.165, 1.54) is 5.57 Å². The van der Waals surface area contributed by atoms with Gasteiger partial charge in [-0.1, -0.05) is 25.5 Å². The van der Waals surface area contributed by atoms with Gasteiger partial charge in [-0.15, -0.1) is 0 Å². The molecule has 2 aliphatic heterocycles. The number of Topliss-reactive ketones (excluding diaryl/α,β-unsaturated/α-hetero) is 2. The van der Waals surface area contributed by atoms with Crippen molar-refractivity contribution in [2.24, 2.45) is 17.6 Å². The fourth-order valence-electron chi connectivity index (χ4n) is 7.56. The first-order valence-electron chi connectivity index (χ1n) is 18.0. The van der Waals surface area contributed by atoms with Gasteiger partial charge in [0.25, 0.3) is 0 Å². The molecular formula is C35H58N6O9. The third kappa shape index (κ3) is 10.5. The van der Waals surface area contributed by atoms with Crippen molar-refractivity contribution < 1.29 is 42.9 Å². The van der Waals surface area contributed by atoms with Crippen molar-refractivity contribution in [3.8, 4) is 0 Å². The largest absolute Gasteiger partial charge is 0.443 e. The van der Waals surface area contributed by atoms with Gasteiger partial charge < -0.3 is 40.6 Å². The number of methoxy groups -OCH3 is 1. The molecule has 2 saturated carbocycles. The van der Waals surface area contributed by atoms with E-state index in [9.17, 15) is 24.0 Å². The first-order valence-corrected chi connectivity index (χ1v) is 18.0. The first kappa shape index (κ1) is 39.8. The predicted molar refractivity (Wildman–Crippen MR) is 184 cm³/mol. The van der Waals surface area contributed by atoms with Crippen molar-refractivity contribution in [2.45, 2.75) is 134 Å². The highest BCUT2D eigenvalue weighted by molar-refractivity contribution is 6.40. The molecule has 4 fully saturated rings. The van der Waals surface area contributed by atoms with Gasteiger partial charge >= 0.3 is 6.09 Å². The second kappa shape index (κ2) is 17.5. The molecule has 2 aliphatic carbocycles. The van der Waals surface area contributed by atoms with Gasteiger partial charge in [-0.2, -0.15) is 0 Å². The molecule has 2 saturated heterocycles. The van der Waals surface area contributed by atoms with Crippen LogP contribution in [0.15, 0.2) is 11.6 Å². The van der Waals surface area contributed by atoms with Gasteiger partial charge in [-0.05, 0) is 78.1 Å². The third-order valence-electron chi connectivity index (χ3n) is 10.4. The SMILES string of the molecule is COC1C(OC(=O)N[C@H]2CC[C@H](NC(=O)CNN[C@@H](CC(C)C)C(=O)C(=O)CNC(=O)CN)CC2)CC[C@]2(CO2)C1C1(C)O[C@@H]1CC=C(C)C. The minimum atomic E-state index is -0.859. The van der Waals surface area contributed by atoms with E-state index in [1.54, 1.807) is 7.11 Å². The smallest absolute Gasteiger partial charge is 0.407 e. The van der Waals surface area contributed by atoms with Crippen LogP contribution in [0.1, 0.15) is 86.0 Å². The topological polar surface area (TPSA) is 215 Å². The summed E-state index contributed by atoms with van der Waals surface area (Å²) in [5, 5.41) is 8.32. The number of rotatable bonds is 18. The number of epoxide rings is 2. The highest BCUT2D eigenvalue weighted by Crippen LogP contribution is 2.59. The Morgan fingerprint density at radius 1 is 0.980 bits per heavy atom. The average Bonchev–Trinajstić information content (AvgIpc) is 3.99. The molecule has 0 aromatic rings. The van der Waals surface area contributed by atoms with Crippen LogP contribution in [0.3, 0.4) is 0 Å².